The lowest BCUT2D eigenvalue weighted by Crippen LogP contribution is -2.52. The molecule has 3 aromatic rings. The normalized spacial score (nSPS) is 14.6. The number of benzene rings is 3. The molecule has 39 heavy (non-hydrogen) atoms. The van der Waals surface area contributed by atoms with Crippen molar-refractivity contribution in [2.45, 2.75) is 49.9 Å². The molecule has 0 amide bonds. The number of alkyl halides is 3. The minimum absolute atomic E-state index is 0.165. The number of ether oxygens (including phenoxy) is 4. The minimum Gasteiger partial charge on any atom is -0.497 e. The van der Waals surface area contributed by atoms with Crippen LogP contribution in [-0.4, -0.2) is 32.5 Å². The average molecular weight is 543 g/mol. The molecule has 0 bridgehead atoms. The smallest absolute Gasteiger partial charge is 0.432 e. The van der Waals surface area contributed by atoms with E-state index in [-0.39, 0.29) is 24.5 Å². The van der Waals surface area contributed by atoms with E-state index < -0.39 is 23.9 Å². The highest BCUT2D eigenvalue weighted by molar-refractivity contribution is 5.82. The van der Waals surface area contributed by atoms with Gasteiger partial charge < -0.3 is 18.9 Å². The molecule has 3 rings (SSSR count). The van der Waals surface area contributed by atoms with Crippen LogP contribution in [-0.2, 0) is 31.2 Å². The number of methoxy groups -OCH3 is 2. The van der Waals surface area contributed by atoms with E-state index in [1.807, 2.05) is 54.6 Å². The molecule has 0 fully saturated rings. The first kappa shape index (κ1) is 29.9. The Morgan fingerprint density at radius 2 is 1.51 bits per heavy atom. The highest BCUT2D eigenvalue weighted by atomic mass is 19.4. The van der Waals surface area contributed by atoms with Gasteiger partial charge in [-0.25, -0.2) is 4.79 Å². The topological polar surface area (TPSA) is 54.0 Å². The second-order valence-electron chi connectivity index (χ2n) is 8.94. The average Bonchev–Trinajstić information content (AvgIpc) is 2.94. The van der Waals surface area contributed by atoms with Crippen molar-refractivity contribution in [3.63, 3.8) is 0 Å². The molecule has 0 aliphatic carbocycles. The molecule has 0 aromatic heterocycles. The molecule has 0 heterocycles. The molecule has 0 unspecified atom stereocenters. The van der Waals surface area contributed by atoms with Gasteiger partial charge in [-0.05, 0) is 36.1 Å². The lowest BCUT2D eigenvalue weighted by Gasteiger charge is -2.34. The highest BCUT2D eigenvalue weighted by Gasteiger charge is 2.64. The summed E-state index contributed by atoms with van der Waals surface area (Å²) in [4.78, 5) is 13.2. The maximum Gasteiger partial charge on any atom is 0.432 e. The predicted octanol–water partition coefficient (Wildman–Crippen LogP) is 7.33. The quantitative estimate of drug-likeness (QED) is 0.158. The molecule has 3 atom stereocenters. The molecule has 208 valence electrons. The van der Waals surface area contributed by atoms with Gasteiger partial charge in [0.05, 0.1) is 19.8 Å². The van der Waals surface area contributed by atoms with Crippen molar-refractivity contribution in [3.8, 4) is 5.75 Å². The van der Waals surface area contributed by atoms with Crippen LogP contribution in [0.25, 0.3) is 0 Å². The zero-order valence-electron chi connectivity index (χ0n) is 22.0. The van der Waals surface area contributed by atoms with Crippen LogP contribution in [0.3, 0.4) is 0 Å². The van der Waals surface area contributed by atoms with Gasteiger partial charge in [0.15, 0.2) is 0 Å². The van der Waals surface area contributed by atoms with Crippen molar-refractivity contribution in [1.82, 2.24) is 0 Å². The molecular formula is C31H33F3O5. The first-order valence-electron chi connectivity index (χ1n) is 12.5. The number of halogens is 3. The largest absolute Gasteiger partial charge is 0.497 e. The number of carbonyl (C=O) groups is 1. The van der Waals surface area contributed by atoms with Gasteiger partial charge in [0.1, 0.15) is 11.9 Å². The van der Waals surface area contributed by atoms with Gasteiger partial charge in [0, 0.05) is 19.1 Å². The van der Waals surface area contributed by atoms with Gasteiger partial charge in [-0.3, -0.25) is 0 Å². The van der Waals surface area contributed by atoms with E-state index in [4.69, 9.17) is 18.9 Å². The maximum atomic E-state index is 14.3. The number of hydrogen-bond acceptors (Lipinski definition) is 5. The standard InChI is InChI=1S/C31H33F3O5/c1-4-11-27(39-29(35)30(37-3,31(32,33)34)25-14-9-6-10-15-25)20-21-28(24-12-7-5-8-13-24)38-22-23-16-18-26(36-2)19-17-23/h4-10,12-19,27-28H,1,11,20-22H2,2-3H3/t27-,28+,30-/m1/s1. The van der Waals surface area contributed by atoms with E-state index in [1.165, 1.54) is 30.3 Å². The molecule has 0 saturated heterocycles. The van der Waals surface area contributed by atoms with Crippen molar-refractivity contribution in [2.75, 3.05) is 14.2 Å². The first-order chi connectivity index (χ1) is 18.7. The molecule has 8 heteroatoms. The summed E-state index contributed by atoms with van der Waals surface area (Å²) in [5.41, 5.74) is -1.77. The summed E-state index contributed by atoms with van der Waals surface area (Å²) in [5.74, 6) is -0.792. The molecule has 0 spiro atoms. The summed E-state index contributed by atoms with van der Waals surface area (Å²) < 4.78 is 64.7. The Balaban J connectivity index is 1.78. The Bertz CT molecular complexity index is 1170. The third kappa shape index (κ3) is 7.49. The summed E-state index contributed by atoms with van der Waals surface area (Å²) in [7, 11) is 2.44. The van der Waals surface area contributed by atoms with E-state index in [9.17, 15) is 18.0 Å². The van der Waals surface area contributed by atoms with Crippen LogP contribution in [0, 0.1) is 0 Å². The predicted molar refractivity (Wildman–Crippen MR) is 142 cm³/mol. The molecule has 0 aliphatic heterocycles. The summed E-state index contributed by atoms with van der Waals surface area (Å²) in [5, 5.41) is 0. The van der Waals surface area contributed by atoms with Crippen LogP contribution < -0.4 is 4.74 Å². The highest BCUT2D eigenvalue weighted by Crippen LogP contribution is 2.43. The second-order valence-corrected chi connectivity index (χ2v) is 8.94. The fraction of sp³-hybridized carbons (Fsp3) is 0.323. The Hall–Kier alpha value is -3.62. The third-order valence-corrected chi connectivity index (χ3v) is 6.41. The van der Waals surface area contributed by atoms with Crippen LogP contribution in [0.5, 0.6) is 5.75 Å². The molecule has 0 aliphatic rings. The summed E-state index contributed by atoms with van der Waals surface area (Å²) in [6.07, 6.45) is -3.99. The Kier molecular flexibility index (Phi) is 10.7. The fourth-order valence-electron chi connectivity index (χ4n) is 4.30. The maximum absolute atomic E-state index is 14.3. The molecule has 0 saturated carbocycles. The van der Waals surface area contributed by atoms with Crippen molar-refractivity contribution < 1.29 is 36.9 Å². The van der Waals surface area contributed by atoms with Gasteiger partial charge in [-0.2, -0.15) is 13.2 Å². The lowest BCUT2D eigenvalue weighted by atomic mass is 9.92. The summed E-state index contributed by atoms with van der Waals surface area (Å²) in [6, 6.07) is 23.7. The molecule has 0 N–H and O–H groups in total. The van der Waals surface area contributed by atoms with Crippen molar-refractivity contribution in [1.29, 1.82) is 0 Å². The van der Waals surface area contributed by atoms with E-state index >= 15 is 0 Å². The number of rotatable bonds is 14. The van der Waals surface area contributed by atoms with Crippen LogP contribution in [0.15, 0.2) is 97.6 Å². The molecule has 0 radical (unpaired) electrons. The monoisotopic (exact) mass is 542 g/mol. The number of esters is 1. The van der Waals surface area contributed by atoms with E-state index in [2.05, 4.69) is 6.58 Å². The Labute approximate surface area is 227 Å². The zero-order valence-corrected chi connectivity index (χ0v) is 22.0. The van der Waals surface area contributed by atoms with Crippen molar-refractivity contribution in [2.24, 2.45) is 0 Å². The van der Waals surface area contributed by atoms with Gasteiger partial charge in [0.25, 0.3) is 5.60 Å². The van der Waals surface area contributed by atoms with Crippen LogP contribution in [0.4, 0.5) is 13.2 Å². The van der Waals surface area contributed by atoms with Crippen LogP contribution >= 0.6 is 0 Å². The SMILES string of the molecule is C=CC[C@H](CC[C@H](OCc1ccc(OC)cc1)c1ccccc1)OC(=O)[C@](OC)(c1ccccc1)C(F)(F)F. The van der Waals surface area contributed by atoms with Crippen molar-refractivity contribution in [3.05, 3.63) is 114 Å². The van der Waals surface area contributed by atoms with Crippen LogP contribution in [0.2, 0.25) is 0 Å². The zero-order chi connectivity index (χ0) is 28.3. The van der Waals surface area contributed by atoms with Gasteiger partial charge >= 0.3 is 12.1 Å². The van der Waals surface area contributed by atoms with Gasteiger partial charge in [0.2, 0.25) is 0 Å². The summed E-state index contributed by atoms with van der Waals surface area (Å²) >= 11 is 0. The van der Waals surface area contributed by atoms with E-state index in [0.29, 0.717) is 13.0 Å². The minimum atomic E-state index is -5.05. The molecule has 3 aromatic carbocycles. The van der Waals surface area contributed by atoms with Crippen molar-refractivity contribution >= 4 is 5.97 Å². The molecule has 5 nitrogen and oxygen atoms in total. The Morgan fingerprint density at radius 3 is 2.05 bits per heavy atom. The van der Waals surface area contributed by atoms with E-state index in [0.717, 1.165) is 24.0 Å². The summed E-state index contributed by atoms with van der Waals surface area (Å²) in [6.45, 7) is 4.00. The van der Waals surface area contributed by atoms with Crippen LogP contribution in [0.1, 0.15) is 42.1 Å². The van der Waals surface area contributed by atoms with E-state index in [1.54, 1.807) is 13.2 Å². The fourth-order valence-corrected chi connectivity index (χ4v) is 4.30. The molecular weight excluding hydrogens is 509 g/mol. The second kappa shape index (κ2) is 14.0. The van der Waals surface area contributed by atoms with Gasteiger partial charge in [-0.1, -0.05) is 78.9 Å². The first-order valence-corrected chi connectivity index (χ1v) is 12.5. The number of carbonyl (C=O) groups excluding carboxylic acids is 1. The van der Waals surface area contributed by atoms with Gasteiger partial charge in [-0.15, -0.1) is 6.58 Å². The lowest BCUT2D eigenvalue weighted by molar-refractivity contribution is -0.278. The third-order valence-electron chi connectivity index (χ3n) is 6.41. The Morgan fingerprint density at radius 1 is 0.897 bits per heavy atom. The number of hydrogen-bond donors (Lipinski definition) is 0.